The summed E-state index contributed by atoms with van der Waals surface area (Å²) in [6.45, 7) is 3.94. The summed E-state index contributed by atoms with van der Waals surface area (Å²) in [5.41, 5.74) is 0.800. The largest absolute Gasteiger partial charge is 0.396 e. The molecule has 1 aromatic heterocycles. The highest BCUT2D eigenvalue weighted by molar-refractivity contribution is 7.13. The first-order chi connectivity index (χ1) is 9.11. The van der Waals surface area contributed by atoms with Gasteiger partial charge in [0, 0.05) is 18.6 Å². The molecule has 1 amide bonds. The van der Waals surface area contributed by atoms with Crippen LogP contribution in [0.3, 0.4) is 0 Å². The number of hydrogen-bond acceptors (Lipinski definition) is 4. The van der Waals surface area contributed by atoms with E-state index in [2.05, 4.69) is 10.3 Å². The Bertz CT molecular complexity index is 445. The lowest BCUT2D eigenvalue weighted by molar-refractivity contribution is 0.0903. The topological polar surface area (TPSA) is 62.2 Å². The van der Waals surface area contributed by atoms with Gasteiger partial charge in [0.15, 0.2) is 0 Å². The summed E-state index contributed by atoms with van der Waals surface area (Å²) < 4.78 is 0. The SMILES string of the molecule is Cc1nc(C)c(C(=O)NC2CCCCCC2CO)s1. The minimum absolute atomic E-state index is 0.0338. The maximum Gasteiger partial charge on any atom is 0.263 e. The number of nitrogens with zero attached hydrogens (tertiary/aromatic N) is 1. The van der Waals surface area contributed by atoms with Crippen LogP contribution < -0.4 is 5.32 Å². The van der Waals surface area contributed by atoms with E-state index in [-0.39, 0.29) is 24.5 Å². The Morgan fingerprint density at radius 1 is 1.37 bits per heavy atom. The van der Waals surface area contributed by atoms with Crippen LogP contribution >= 0.6 is 11.3 Å². The van der Waals surface area contributed by atoms with E-state index < -0.39 is 0 Å². The molecule has 0 aliphatic heterocycles. The third-order valence-corrected chi connectivity index (χ3v) is 4.89. The zero-order valence-corrected chi connectivity index (χ0v) is 12.4. The Hall–Kier alpha value is -0.940. The van der Waals surface area contributed by atoms with Gasteiger partial charge in [-0.2, -0.15) is 0 Å². The number of thiazole rings is 1. The van der Waals surface area contributed by atoms with Gasteiger partial charge in [0.05, 0.1) is 10.7 Å². The van der Waals surface area contributed by atoms with Gasteiger partial charge in [-0.05, 0) is 26.7 Å². The van der Waals surface area contributed by atoms with Gasteiger partial charge in [-0.1, -0.05) is 19.3 Å². The van der Waals surface area contributed by atoms with Gasteiger partial charge in [0.2, 0.25) is 0 Å². The Balaban J connectivity index is 2.06. The van der Waals surface area contributed by atoms with Crippen molar-refractivity contribution in [3.8, 4) is 0 Å². The summed E-state index contributed by atoms with van der Waals surface area (Å²) in [5, 5.41) is 13.5. The minimum atomic E-state index is -0.0338. The third kappa shape index (κ3) is 3.54. The van der Waals surface area contributed by atoms with Crippen LogP contribution in [0.1, 0.15) is 52.5 Å². The first-order valence-electron chi connectivity index (χ1n) is 6.97. The fraction of sp³-hybridized carbons (Fsp3) is 0.714. The van der Waals surface area contributed by atoms with E-state index in [4.69, 9.17) is 0 Å². The highest BCUT2D eigenvalue weighted by Gasteiger charge is 2.26. The first kappa shape index (κ1) is 14.5. The third-order valence-electron chi connectivity index (χ3n) is 3.82. The number of amides is 1. The van der Waals surface area contributed by atoms with Crippen molar-refractivity contribution in [1.82, 2.24) is 10.3 Å². The van der Waals surface area contributed by atoms with Crippen molar-refractivity contribution < 1.29 is 9.90 Å². The predicted molar refractivity (Wildman–Crippen MR) is 76.5 cm³/mol. The van der Waals surface area contributed by atoms with E-state index >= 15 is 0 Å². The molecular formula is C14H22N2O2S. The fourth-order valence-electron chi connectivity index (χ4n) is 2.77. The van der Waals surface area contributed by atoms with Gasteiger partial charge in [-0.15, -0.1) is 11.3 Å². The maximum atomic E-state index is 12.3. The Morgan fingerprint density at radius 3 is 2.74 bits per heavy atom. The van der Waals surface area contributed by atoms with Crippen molar-refractivity contribution in [1.29, 1.82) is 0 Å². The second kappa shape index (κ2) is 6.48. The average molecular weight is 282 g/mol. The minimum Gasteiger partial charge on any atom is -0.396 e. The van der Waals surface area contributed by atoms with Crippen molar-refractivity contribution in [3.05, 3.63) is 15.6 Å². The molecule has 4 nitrogen and oxygen atoms in total. The molecular weight excluding hydrogens is 260 g/mol. The summed E-state index contributed by atoms with van der Waals surface area (Å²) in [5.74, 6) is 0.161. The molecule has 1 aromatic rings. The molecule has 1 saturated carbocycles. The average Bonchev–Trinajstić information content (AvgIpc) is 2.60. The van der Waals surface area contributed by atoms with Crippen LogP contribution in [0.4, 0.5) is 0 Å². The van der Waals surface area contributed by atoms with E-state index in [0.717, 1.165) is 36.4 Å². The number of carbonyl (C=O) groups excluding carboxylic acids is 1. The molecule has 5 heteroatoms. The number of aromatic nitrogens is 1. The normalized spacial score (nSPS) is 23.9. The number of hydrogen-bond donors (Lipinski definition) is 2. The molecule has 2 rings (SSSR count). The molecule has 0 saturated heterocycles. The lowest BCUT2D eigenvalue weighted by Gasteiger charge is -2.24. The molecule has 2 unspecified atom stereocenters. The molecule has 1 aliphatic rings. The zero-order valence-electron chi connectivity index (χ0n) is 11.6. The predicted octanol–water partition coefficient (Wildman–Crippen LogP) is 2.43. The highest BCUT2D eigenvalue weighted by Crippen LogP contribution is 2.24. The fourth-order valence-corrected chi connectivity index (χ4v) is 3.59. The number of aliphatic hydroxyl groups excluding tert-OH is 1. The molecule has 2 atom stereocenters. The van der Waals surface area contributed by atoms with Gasteiger partial charge < -0.3 is 10.4 Å². The van der Waals surface area contributed by atoms with Crippen molar-refractivity contribution in [2.75, 3.05) is 6.61 Å². The molecule has 1 heterocycles. The Kier molecular flexibility index (Phi) is 4.93. The van der Waals surface area contributed by atoms with E-state index in [1.165, 1.54) is 17.8 Å². The highest BCUT2D eigenvalue weighted by atomic mass is 32.1. The van der Waals surface area contributed by atoms with E-state index in [0.29, 0.717) is 4.88 Å². The van der Waals surface area contributed by atoms with Crippen molar-refractivity contribution >= 4 is 17.2 Å². The van der Waals surface area contributed by atoms with Gasteiger partial charge >= 0.3 is 0 Å². The Morgan fingerprint density at radius 2 is 2.11 bits per heavy atom. The van der Waals surface area contributed by atoms with E-state index in [1.54, 1.807) is 0 Å². The van der Waals surface area contributed by atoms with Crippen LogP contribution in [-0.2, 0) is 0 Å². The number of aryl methyl sites for hydroxylation is 2. The summed E-state index contributed by atoms with van der Waals surface area (Å²) in [6, 6.07) is 0.0989. The zero-order chi connectivity index (χ0) is 13.8. The second-order valence-corrected chi connectivity index (χ2v) is 6.51. The molecule has 2 N–H and O–H groups in total. The van der Waals surface area contributed by atoms with E-state index in [1.807, 2.05) is 13.8 Å². The lowest BCUT2D eigenvalue weighted by Crippen LogP contribution is -2.41. The van der Waals surface area contributed by atoms with E-state index in [9.17, 15) is 9.90 Å². The quantitative estimate of drug-likeness (QED) is 0.837. The molecule has 19 heavy (non-hydrogen) atoms. The molecule has 1 aliphatic carbocycles. The van der Waals surface area contributed by atoms with Crippen molar-refractivity contribution in [3.63, 3.8) is 0 Å². The summed E-state index contributed by atoms with van der Waals surface area (Å²) in [7, 11) is 0. The van der Waals surface area contributed by atoms with Crippen LogP contribution in [0.2, 0.25) is 0 Å². The lowest BCUT2D eigenvalue weighted by atomic mass is 9.95. The molecule has 1 fully saturated rings. The molecule has 0 aromatic carbocycles. The first-order valence-corrected chi connectivity index (χ1v) is 7.79. The number of aliphatic hydroxyl groups is 1. The smallest absolute Gasteiger partial charge is 0.263 e. The second-order valence-electron chi connectivity index (χ2n) is 5.31. The van der Waals surface area contributed by atoms with Crippen LogP contribution in [0, 0.1) is 19.8 Å². The standard InChI is InChI=1S/C14H22N2O2S/c1-9-13(19-10(2)15-9)14(18)16-12-7-5-3-4-6-11(12)8-17/h11-12,17H,3-8H2,1-2H3,(H,16,18). The monoisotopic (exact) mass is 282 g/mol. The van der Waals surface area contributed by atoms with Gasteiger partial charge in [-0.3, -0.25) is 4.79 Å². The molecule has 0 spiro atoms. The summed E-state index contributed by atoms with van der Waals surface area (Å²) in [4.78, 5) is 17.3. The number of rotatable bonds is 3. The van der Waals surface area contributed by atoms with Gasteiger partial charge in [-0.25, -0.2) is 4.98 Å². The molecule has 0 radical (unpaired) electrons. The van der Waals surface area contributed by atoms with Gasteiger partial charge in [0.1, 0.15) is 4.88 Å². The van der Waals surface area contributed by atoms with Crippen LogP contribution in [0.5, 0.6) is 0 Å². The van der Waals surface area contributed by atoms with Crippen LogP contribution in [0.25, 0.3) is 0 Å². The van der Waals surface area contributed by atoms with Gasteiger partial charge in [0.25, 0.3) is 5.91 Å². The maximum absolute atomic E-state index is 12.3. The van der Waals surface area contributed by atoms with Crippen molar-refractivity contribution in [2.45, 2.75) is 52.0 Å². The molecule has 106 valence electrons. The Labute approximate surface area is 118 Å². The van der Waals surface area contributed by atoms with Crippen LogP contribution in [-0.4, -0.2) is 28.6 Å². The summed E-state index contributed by atoms with van der Waals surface area (Å²) in [6.07, 6.45) is 5.44. The number of nitrogens with one attached hydrogen (secondary N) is 1. The number of carbonyl (C=O) groups is 1. The molecule has 0 bridgehead atoms. The van der Waals surface area contributed by atoms with Crippen molar-refractivity contribution in [2.24, 2.45) is 5.92 Å². The summed E-state index contributed by atoms with van der Waals surface area (Å²) >= 11 is 1.44. The van der Waals surface area contributed by atoms with Crippen LogP contribution in [0.15, 0.2) is 0 Å².